The number of carbonyl (C=O) groups is 3. The standard InChI is InChI=1S/C19H20O8.C17H24N2/c1-18(2)24-14(20)12(15(21)25-18)10-8-6-5-7-9-11-13-16(22)26-19(3,4)27-17(13)23;1-3-5-6-11-19-14-9-17(10-15-19)16-7-12-18(4-2)13-8-16/h5-11,20H,1-4H3;7-10,12-15H,3-6,11H2,1-2H3/q;+2/b6-5+,9-7+,10-8+;. The van der Waals surface area contributed by atoms with Crippen molar-refractivity contribution in [2.24, 2.45) is 0 Å². The molecular weight excluding hydrogens is 588 g/mol. The Bertz CT molecular complexity index is 1510. The van der Waals surface area contributed by atoms with Crippen LogP contribution in [0.1, 0.15) is 60.8 Å². The van der Waals surface area contributed by atoms with Gasteiger partial charge in [0.1, 0.15) is 24.2 Å². The molecule has 0 amide bonds. The molecule has 244 valence electrons. The summed E-state index contributed by atoms with van der Waals surface area (Å²) in [4.78, 5) is 35.2. The lowest BCUT2D eigenvalue weighted by molar-refractivity contribution is -0.697. The maximum Gasteiger partial charge on any atom is 0.348 e. The highest BCUT2D eigenvalue weighted by molar-refractivity contribution is 6.15. The van der Waals surface area contributed by atoms with Gasteiger partial charge in [0.25, 0.3) is 17.5 Å². The second-order valence-electron chi connectivity index (χ2n) is 11.4. The molecule has 0 atom stereocenters. The van der Waals surface area contributed by atoms with E-state index in [0.29, 0.717) is 0 Å². The highest BCUT2D eigenvalue weighted by Gasteiger charge is 2.38. The minimum absolute atomic E-state index is 0.111. The van der Waals surface area contributed by atoms with Gasteiger partial charge in [0.05, 0.1) is 0 Å². The van der Waals surface area contributed by atoms with Crippen LogP contribution in [-0.2, 0) is 46.4 Å². The van der Waals surface area contributed by atoms with Gasteiger partial charge in [0.2, 0.25) is 0 Å². The number of hydrogen-bond acceptors (Lipinski definition) is 8. The Balaban J connectivity index is 0.000000266. The third-order valence-corrected chi connectivity index (χ3v) is 6.72. The van der Waals surface area contributed by atoms with Crippen molar-refractivity contribution in [3.05, 3.63) is 109 Å². The SMILES string of the molecule is CC1(C)OC(=O)C(=C/C=C/C=C/C=C/C2=C(O)OC(C)(C)OC2=O)C(=O)O1.CCCCC[n+]1ccc(-c2cc[n+](CC)cc2)cc1. The molecular formula is C36H44N2O8+2. The van der Waals surface area contributed by atoms with Crippen molar-refractivity contribution in [2.45, 2.75) is 85.5 Å². The van der Waals surface area contributed by atoms with E-state index >= 15 is 0 Å². The number of nitrogens with zero attached hydrogens (tertiary/aromatic N) is 2. The Labute approximate surface area is 270 Å². The van der Waals surface area contributed by atoms with Crippen molar-refractivity contribution < 1.29 is 47.6 Å². The van der Waals surface area contributed by atoms with Crippen molar-refractivity contribution in [1.29, 1.82) is 0 Å². The number of aliphatic hydroxyl groups is 1. The second-order valence-corrected chi connectivity index (χ2v) is 11.4. The Kier molecular flexibility index (Phi) is 12.6. The largest absolute Gasteiger partial charge is 0.480 e. The fourth-order valence-electron chi connectivity index (χ4n) is 4.31. The van der Waals surface area contributed by atoms with Gasteiger partial charge in [-0.1, -0.05) is 43.7 Å². The summed E-state index contributed by atoms with van der Waals surface area (Å²) in [5, 5.41) is 9.72. The van der Waals surface area contributed by atoms with Crippen molar-refractivity contribution in [1.82, 2.24) is 0 Å². The Morgan fingerprint density at radius 1 is 0.674 bits per heavy atom. The summed E-state index contributed by atoms with van der Waals surface area (Å²) in [6.45, 7) is 12.5. The molecule has 2 aromatic rings. The average Bonchev–Trinajstić information content (AvgIpc) is 2.99. The monoisotopic (exact) mass is 632 g/mol. The molecule has 0 radical (unpaired) electrons. The summed E-state index contributed by atoms with van der Waals surface area (Å²) in [7, 11) is 0. The number of pyridine rings is 2. The number of esters is 3. The highest BCUT2D eigenvalue weighted by Crippen LogP contribution is 2.26. The van der Waals surface area contributed by atoms with Crippen LogP contribution in [0.25, 0.3) is 11.1 Å². The average molecular weight is 633 g/mol. The zero-order chi connectivity index (χ0) is 33.7. The molecule has 46 heavy (non-hydrogen) atoms. The van der Waals surface area contributed by atoms with Crippen molar-refractivity contribution in [3.63, 3.8) is 0 Å². The topological polar surface area (TPSA) is 116 Å². The molecule has 2 aliphatic heterocycles. The number of ether oxygens (including phenoxy) is 4. The predicted molar refractivity (Wildman–Crippen MR) is 170 cm³/mol. The van der Waals surface area contributed by atoms with Crippen LogP contribution in [0, 0.1) is 0 Å². The lowest BCUT2D eigenvalue weighted by Gasteiger charge is -2.29. The Morgan fingerprint density at radius 3 is 1.72 bits per heavy atom. The number of hydrogen-bond donors (Lipinski definition) is 1. The number of aliphatic hydroxyl groups excluding tert-OH is 1. The molecule has 1 fully saturated rings. The minimum Gasteiger partial charge on any atom is -0.480 e. The zero-order valence-corrected chi connectivity index (χ0v) is 27.4. The smallest absolute Gasteiger partial charge is 0.348 e. The molecule has 1 saturated heterocycles. The lowest BCUT2D eigenvalue weighted by atomic mass is 10.1. The Hall–Kier alpha value is -4.99. The summed E-state index contributed by atoms with van der Waals surface area (Å²) < 4.78 is 24.4. The lowest BCUT2D eigenvalue weighted by Crippen LogP contribution is -2.41. The van der Waals surface area contributed by atoms with Crippen LogP contribution in [-0.4, -0.2) is 34.6 Å². The van der Waals surface area contributed by atoms with Crippen molar-refractivity contribution >= 4 is 17.9 Å². The van der Waals surface area contributed by atoms with E-state index in [1.54, 1.807) is 18.2 Å². The molecule has 4 heterocycles. The molecule has 10 heteroatoms. The van der Waals surface area contributed by atoms with Gasteiger partial charge >= 0.3 is 17.9 Å². The molecule has 10 nitrogen and oxygen atoms in total. The number of unbranched alkanes of at least 4 members (excludes halogenated alkanes) is 2. The van der Waals surface area contributed by atoms with E-state index in [0.717, 1.165) is 13.1 Å². The van der Waals surface area contributed by atoms with E-state index in [-0.39, 0.29) is 11.1 Å². The van der Waals surface area contributed by atoms with E-state index in [4.69, 9.17) is 18.9 Å². The molecule has 0 aliphatic carbocycles. The van der Waals surface area contributed by atoms with Crippen LogP contribution in [0.3, 0.4) is 0 Å². The maximum absolute atomic E-state index is 11.8. The maximum atomic E-state index is 11.8. The van der Waals surface area contributed by atoms with Crippen LogP contribution in [0.5, 0.6) is 0 Å². The molecule has 0 unspecified atom stereocenters. The van der Waals surface area contributed by atoms with Gasteiger partial charge in [-0.15, -0.1) is 0 Å². The third kappa shape index (κ3) is 10.9. The molecule has 4 rings (SSSR count). The summed E-state index contributed by atoms with van der Waals surface area (Å²) in [6, 6.07) is 8.77. The summed E-state index contributed by atoms with van der Waals surface area (Å²) >= 11 is 0. The van der Waals surface area contributed by atoms with E-state index in [1.807, 2.05) is 0 Å². The second kappa shape index (κ2) is 16.4. The van der Waals surface area contributed by atoms with Crippen molar-refractivity contribution in [3.8, 4) is 11.1 Å². The fourth-order valence-corrected chi connectivity index (χ4v) is 4.31. The third-order valence-electron chi connectivity index (χ3n) is 6.72. The van der Waals surface area contributed by atoms with Gasteiger partial charge in [-0.3, -0.25) is 0 Å². The minimum atomic E-state index is -1.28. The molecule has 0 saturated carbocycles. The van der Waals surface area contributed by atoms with Crippen LogP contribution < -0.4 is 9.13 Å². The summed E-state index contributed by atoms with van der Waals surface area (Å²) in [5.74, 6) is -5.23. The van der Waals surface area contributed by atoms with Crippen LogP contribution in [0.15, 0.2) is 109 Å². The zero-order valence-electron chi connectivity index (χ0n) is 27.4. The van der Waals surface area contributed by atoms with Gasteiger partial charge in [0, 0.05) is 58.4 Å². The molecule has 0 bridgehead atoms. The normalized spacial score (nSPS) is 17.3. The highest BCUT2D eigenvalue weighted by atomic mass is 16.8. The Morgan fingerprint density at radius 2 is 1.17 bits per heavy atom. The van der Waals surface area contributed by atoms with E-state index < -0.39 is 35.4 Å². The first-order chi connectivity index (χ1) is 21.8. The summed E-state index contributed by atoms with van der Waals surface area (Å²) in [6.07, 6.45) is 22.7. The summed E-state index contributed by atoms with van der Waals surface area (Å²) in [5.41, 5.74) is 2.25. The van der Waals surface area contributed by atoms with Crippen molar-refractivity contribution in [2.75, 3.05) is 0 Å². The van der Waals surface area contributed by atoms with E-state index in [9.17, 15) is 19.5 Å². The molecule has 1 N–H and O–H groups in total. The number of carbonyl (C=O) groups excluding carboxylic acids is 3. The van der Waals surface area contributed by atoms with Gasteiger partial charge in [-0.2, -0.15) is 0 Å². The predicted octanol–water partition coefficient (Wildman–Crippen LogP) is 5.64. The van der Waals surface area contributed by atoms with Gasteiger partial charge in [-0.25, -0.2) is 23.5 Å². The van der Waals surface area contributed by atoms with Crippen LogP contribution >= 0.6 is 0 Å². The molecule has 2 aromatic heterocycles. The number of cyclic esters (lactones) is 3. The first-order valence-corrected chi connectivity index (χ1v) is 15.4. The number of aryl methyl sites for hydroxylation is 2. The number of rotatable bonds is 10. The molecule has 0 aromatic carbocycles. The van der Waals surface area contributed by atoms with Gasteiger partial charge in [0.15, 0.2) is 24.8 Å². The first kappa shape index (κ1) is 35.5. The van der Waals surface area contributed by atoms with Crippen LogP contribution in [0.4, 0.5) is 0 Å². The number of allylic oxidation sites excluding steroid dienone is 6. The first-order valence-electron chi connectivity index (χ1n) is 15.4. The quantitative estimate of drug-likeness (QED) is 0.0895. The molecule has 0 spiro atoms. The van der Waals surface area contributed by atoms with E-state index in [2.05, 4.69) is 72.0 Å². The van der Waals surface area contributed by atoms with E-state index in [1.165, 1.54) is 82.4 Å². The van der Waals surface area contributed by atoms with Gasteiger partial charge in [-0.05, 0) is 36.6 Å². The number of aromatic nitrogens is 2. The fraction of sp³-hybridized carbons (Fsp3) is 0.361. The van der Waals surface area contributed by atoms with Crippen LogP contribution in [0.2, 0.25) is 0 Å². The van der Waals surface area contributed by atoms with Gasteiger partial charge < -0.3 is 24.1 Å². The molecule has 2 aliphatic rings.